The largest absolute Gasteiger partial charge is 0.465 e. The maximum absolute atomic E-state index is 11.9. The van der Waals surface area contributed by atoms with Crippen molar-refractivity contribution < 1.29 is 13.9 Å². The number of rotatable bonds is 4. The highest BCUT2D eigenvalue weighted by Crippen LogP contribution is 2.26. The van der Waals surface area contributed by atoms with Gasteiger partial charge in [0.05, 0.1) is 24.6 Å². The molecule has 0 saturated carbocycles. The molecular formula is C20H17NO3. The number of hydrogen-bond acceptors (Lipinski definition) is 4. The fourth-order valence-corrected chi connectivity index (χ4v) is 2.32. The molecule has 24 heavy (non-hydrogen) atoms. The van der Waals surface area contributed by atoms with Crippen LogP contribution in [0.4, 0.5) is 5.69 Å². The lowest BCUT2D eigenvalue weighted by atomic mass is 10.1. The first-order valence-electron chi connectivity index (χ1n) is 7.55. The zero-order valence-corrected chi connectivity index (χ0v) is 13.5. The zero-order chi connectivity index (χ0) is 16.9. The number of furan rings is 1. The van der Waals surface area contributed by atoms with Gasteiger partial charge in [0.25, 0.3) is 0 Å². The van der Waals surface area contributed by atoms with Crippen LogP contribution in [-0.4, -0.2) is 19.3 Å². The van der Waals surface area contributed by atoms with E-state index in [9.17, 15) is 4.79 Å². The van der Waals surface area contributed by atoms with Crippen LogP contribution in [0.1, 0.15) is 21.7 Å². The second-order valence-electron chi connectivity index (χ2n) is 5.33. The molecule has 0 saturated heterocycles. The van der Waals surface area contributed by atoms with Crippen LogP contribution in [0.5, 0.6) is 0 Å². The SMILES string of the molecule is COC(=O)c1ccccc1-c1ccc(C=Nc2ccc(C)cc2)o1. The number of esters is 1. The van der Waals surface area contributed by atoms with Crippen LogP contribution < -0.4 is 0 Å². The van der Waals surface area contributed by atoms with Crippen molar-refractivity contribution in [1.82, 2.24) is 0 Å². The molecule has 0 bridgehead atoms. The summed E-state index contributed by atoms with van der Waals surface area (Å²) in [6, 6.07) is 18.7. The third-order valence-corrected chi connectivity index (χ3v) is 3.60. The van der Waals surface area contributed by atoms with Crippen molar-refractivity contribution in [2.24, 2.45) is 4.99 Å². The molecule has 4 nitrogen and oxygen atoms in total. The lowest BCUT2D eigenvalue weighted by Gasteiger charge is -2.04. The quantitative estimate of drug-likeness (QED) is 0.513. The summed E-state index contributed by atoms with van der Waals surface area (Å²) in [5.41, 5.74) is 3.21. The molecule has 1 heterocycles. The van der Waals surface area contributed by atoms with Gasteiger partial charge in [0, 0.05) is 5.56 Å². The Balaban J connectivity index is 1.86. The van der Waals surface area contributed by atoms with Gasteiger partial charge in [-0.1, -0.05) is 35.9 Å². The molecule has 0 aliphatic carbocycles. The molecule has 0 atom stereocenters. The first kappa shape index (κ1) is 15.7. The fraction of sp³-hybridized carbons (Fsp3) is 0.100. The molecule has 0 unspecified atom stereocenters. The number of aryl methyl sites for hydroxylation is 1. The Hall–Kier alpha value is -3.14. The Kier molecular flexibility index (Phi) is 4.57. The molecule has 0 aliphatic heterocycles. The molecule has 120 valence electrons. The zero-order valence-electron chi connectivity index (χ0n) is 13.5. The highest BCUT2D eigenvalue weighted by atomic mass is 16.5. The summed E-state index contributed by atoms with van der Waals surface area (Å²) >= 11 is 0. The highest BCUT2D eigenvalue weighted by molar-refractivity contribution is 5.96. The molecule has 0 amide bonds. The van der Waals surface area contributed by atoms with Crippen LogP contribution in [0.25, 0.3) is 11.3 Å². The van der Waals surface area contributed by atoms with Crippen LogP contribution >= 0.6 is 0 Å². The molecule has 3 rings (SSSR count). The van der Waals surface area contributed by atoms with Gasteiger partial charge in [-0.05, 0) is 37.3 Å². The molecule has 0 spiro atoms. The predicted molar refractivity (Wildman–Crippen MR) is 93.9 cm³/mol. The Labute approximate surface area is 140 Å². The Morgan fingerprint density at radius 3 is 2.54 bits per heavy atom. The van der Waals surface area contributed by atoms with Gasteiger partial charge in [0.15, 0.2) is 0 Å². The van der Waals surface area contributed by atoms with Gasteiger partial charge < -0.3 is 9.15 Å². The van der Waals surface area contributed by atoms with Crippen LogP contribution in [-0.2, 0) is 4.74 Å². The number of carbonyl (C=O) groups is 1. The minimum absolute atomic E-state index is 0.392. The van der Waals surface area contributed by atoms with Crippen LogP contribution in [0, 0.1) is 6.92 Å². The smallest absolute Gasteiger partial charge is 0.338 e. The van der Waals surface area contributed by atoms with E-state index in [0.717, 1.165) is 5.69 Å². The highest BCUT2D eigenvalue weighted by Gasteiger charge is 2.14. The lowest BCUT2D eigenvalue weighted by Crippen LogP contribution is -2.02. The Morgan fingerprint density at radius 2 is 1.79 bits per heavy atom. The maximum Gasteiger partial charge on any atom is 0.338 e. The minimum Gasteiger partial charge on any atom is -0.465 e. The van der Waals surface area contributed by atoms with Gasteiger partial charge in [0.2, 0.25) is 0 Å². The third-order valence-electron chi connectivity index (χ3n) is 3.60. The molecule has 0 N–H and O–H groups in total. The summed E-state index contributed by atoms with van der Waals surface area (Å²) in [5, 5.41) is 0. The van der Waals surface area contributed by atoms with Gasteiger partial charge in [-0.15, -0.1) is 0 Å². The van der Waals surface area contributed by atoms with Crippen LogP contribution in [0.15, 0.2) is 70.1 Å². The van der Waals surface area contributed by atoms with Crippen molar-refractivity contribution >= 4 is 17.9 Å². The number of nitrogens with zero attached hydrogens (tertiary/aromatic N) is 1. The van der Waals surface area contributed by atoms with E-state index < -0.39 is 5.97 Å². The van der Waals surface area contributed by atoms with E-state index in [1.54, 1.807) is 18.3 Å². The maximum atomic E-state index is 11.9. The summed E-state index contributed by atoms with van der Waals surface area (Å²) in [5.74, 6) is 0.823. The van der Waals surface area contributed by atoms with Crippen molar-refractivity contribution in [3.63, 3.8) is 0 Å². The second-order valence-corrected chi connectivity index (χ2v) is 5.33. The van der Waals surface area contributed by atoms with Gasteiger partial charge in [-0.25, -0.2) is 4.79 Å². The number of ether oxygens (including phenoxy) is 1. The van der Waals surface area contributed by atoms with Crippen molar-refractivity contribution in [2.45, 2.75) is 6.92 Å². The van der Waals surface area contributed by atoms with E-state index in [4.69, 9.17) is 9.15 Å². The van der Waals surface area contributed by atoms with E-state index in [1.807, 2.05) is 55.5 Å². The van der Waals surface area contributed by atoms with Gasteiger partial charge in [-0.3, -0.25) is 4.99 Å². The average molecular weight is 319 g/mol. The van der Waals surface area contributed by atoms with Gasteiger partial charge in [0.1, 0.15) is 11.5 Å². The summed E-state index contributed by atoms with van der Waals surface area (Å²) in [6.45, 7) is 2.03. The van der Waals surface area contributed by atoms with E-state index in [2.05, 4.69) is 4.99 Å². The Bertz CT molecular complexity index is 876. The average Bonchev–Trinajstić information content (AvgIpc) is 3.09. The van der Waals surface area contributed by atoms with E-state index in [-0.39, 0.29) is 0 Å². The molecule has 3 aromatic rings. The van der Waals surface area contributed by atoms with E-state index >= 15 is 0 Å². The molecular weight excluding hydrogens is 302 g/mol. The predicted octanol–water partition coefficient (Wildman–Crippen LogP) is 4.79. The van der Waals surface area contributed by atoms with Gasteiger partial charge >= 0.3 is 5.97 Å². The Morgan fingerprint density at radius 1 is 1.04 bits per heavy atom. The molecule has 0 aliphatic rings. The van der Waals surface area contributed by atoms with Crippen LogP contribution in [0.2, 0.25) is 0 Å². The molecule has 2 aromatic carbocycles. The van der Waals surface area contributed by atoms with Gasteiger partial charge in [-0.2, -0.15) is 0 Å². The lowest BCUT2D eigenvalue weighted by molar-refractivity contribution is 0.0601. The topological polar surface area (TPSA) is 51.8 Å². The molecule has 4 heteroatoms. The number of benzene rings is 2. The van der Waals surface area contributed by atoms with E-state index in [0.29, 0.717) is 22.6 Å². The number of methoxy groups -OCH3 is 1. The minimum atomic E-state index is -0.392. The normalized spacial score (nSPS) is 10.9. The molecule has 1 aromatic heterocycles. The molecule has 0 radical (unpaired) electrons. The number of hydrogen-bond donors (Lipinski definition) is 0. The van der Waals surface area contributed by atoms with E-state index in [1.165, 1.54) is 12.7 Å². The molecule has 0 fully saturated rings. The summed E-state index contributed by atoms with van der Waals surface area (Å²) < 4.78 is 10.6. The monoisotopic (exact) mass is 319 g/mol. The standard InChI is InChI=1S/C20H17NO3/c1-14-7-9-15(10-8-14)21-13-16-11-12-19(24-16)17-5-3-4-6-18(17)20(22)23-2/h3-13H,1-2H3. The first-order valence-corrected chi connectivity index (χ1v) is 7.55. The summed E-state index contributed by atoms with van der Waals surface area (Å²) in [7, 11) is 1.36. The van der Waals surface area contributed by atoms with Crippen molar-refractivity contribution in [3.05, 3.63) is 77.6 Å². The van der Waals surface area contributed by atoms with Crippen molar-refractivity contribution in [2.75, 3.05) is 7.11 Å². The summed E-state index contributed by atoms with van der Waals surface area (Å²) in [4.78, 5) is 16.3. The fourth-order valence-electron chi connectivity index (χ4n) is 2.32. The summed E-state index contributed by atoms with van der Waals surface area (Å²) in [6.07, 6.45) is 1.66. The van der Waals surface area contributed by atoms with Crippen molar-refractivity contribution in [3.8, 4) is 11.3 Å². The van der Waals surface area contributed by atoms with Crippen LogP contribution in [0.3, 0.4) is 0 Å². The third kappa shape index (κ3) is 3.43. The first-order chi connectivity index (χ1) is 11.7. The van der Waals surface area contributed by atoms with Crippen molar-refractivity contribution in [1.29, 1.82) is 0 Å². The second kappa shape index (κ2) is 6.96. The number of aliphatic imine (C=N–C) groups is 1. The number of carbonyl (C=O) groups excluding carboxylic acids is 1.